The zero-order valence-electron chi connectivity index (χ0n) is 10.3. The highest BCUT2D eigenvalue weighted by Crippen LogP contribution is 2.32. The second kappa shape index (κ2) is 5.73. The standard InChI is InChI=1S/C14H18O3/c1-15-13-5-3-4-12(14(13)16-2)7-6-11-8-9-17-10-11/h3-7,11H,8-10H2,1-2H3/b7-6+. The number of rotatable bonds is 4. The fourth-order valence-corrected chi connectivity index (χ4v) is 1.99. The van der Waals surface area contributed by atoms with Crippen molar-refractivity contribution in [2.24, 2.45) is 5.92 Å². The van der Waals surface area contributed by atoms with Crippen molar-refractivity contribution in [3.63, 3.8) is 0 Å². The molecule has 0 N–H and O–H groups in total. The van der Waals surface area contributed by atoms with Crippen LogP contribution in [-0.2, 0) is 4.74 Å². The van der Waals surface area contributed by atoms with Gasteiger partial charge < -0.3 is 14.2 Å². The van der Waals surface area contributed by atoms with Gasteiger partial charge in [-0.1, -0.05) is 24.3 Å². The fraction of sp³-hybridized carbons (Fsp3) is 0.429. The van der Waals surface area contributed by atoms with Crippen LogP contribution in [0.5, 0.6) is 11.5 Å². The molecule has 0 radical (unpaired) electrons. The highest BCUT2D eigenvalue weighted by Gasteiger charge is 2.12. The van der Waals surface area contributed by atoms with Crippen LogP contribution in [0.2, 0.25) is 0 Å². The van der Waals surface area contributed by atoms with E-state index in [-0.39, 0.29) is 0 Å². The zero-order valence-corrected chi connectivity index (χ0v) is 10.3. The average Bonchev–Trinajstić information content (AvgIpc) is 2.88. The topological polar surface area (TPSA) is 27.7 Å². The first-order valence-corrected chi connectivity index (χ1v) is 5.82. The molecule has 3 heteroatoms. The molecule has 1 saturated heterocycles. The summed E-state index contributed by atoms with van der Waals surface area (Å²) in [5.41, 5.74) is 1.04. The van der Waals surface area contributed by atoms with Gasteiger partial charge in [-0.2, -0.15) is 0 Å². The molecule has 0 amide bonds. The summed E-state index contributed by atoms with van der Waals surface area (Å²) in [6, 6.07) is 5.88. The first-order valence-electron chi connectivity index (χ1n) is 5.82. The highest BCUT2D eigenvalue weighted by atomic mass is 16.5. The van der Waals surface area contributed by atoms with Crippen LogP contribution in [0.4, 0.5) is 0 Å². The van der Waals surface area contributed by atoms with E-state index in [1.807, 2.05) is 18.2 Å². The van der Waals surface area contributed by atoms with Crippen LogP contribution in [-0.4, -0.2) is 27.4 Å². The van der Waals surface area contributed by atoms with E-state index in [1.54, 1.807) is 14.2 Å². The molecule has 1 fully saturated rings. The lowest BCUT2D eigenvalue weighted by Gasteiger charge is -2.10. The number of hydrogen-bond acceptors (Lipinski definition) is 3. The van der Waals surface area contributed by atoms with E-state index in [0.717, 1.165) is 36.7 Å². The molecular weight excluding hydrogens is 216 g/mol. The number of ether oxygens (including phenoxy) is 3. The van der Waals surface area contributed by atoms with Crippen molar-refractivity contribution in [3.8, 4) is 11.5 Å². The predicted molar refractivity (Wildman–Crippen MR) is 67.5 cm³/mol. The van der Waals surface area contributed by atoms with Gasteiger partial charge in [0.25, 0.3) is 0 Å². The van der Waals surface area contributed by atoms with E-state index >= 15 is 0 Å². The summed E-state index contributed by atoms with van der Waals surface area (Å²) in [6.45, 7) is 1.69. The Hall–Kier alpha value is -1.48. The molecular formula is C14H18O3. The third kappa shape index (κ3) is 2.80. The first-order chi connectivity index (χ1) is 8.35. The van der Waals surface area contributed by atoms with Gasteiger partial charge in [0.05, 0.1) is 20.8 Å². The molecule has 3 nitrogen and oxygen atoms in total. The van der Waals surface area contributed by atoms with Gasteiger partial charge in [-0.15, -0.1) is 0 Å². The second-order valence-corrected chi connectivity index (χ2v) is 4.07. The summed E-state index contributed by atoms with van der Waals surface area (Å²) >= 11 is 0. The van der Waals surface area contributed by atoms with Gasteiger partial charge in [-0.25, -0.2) is 0 Å². The Bertz CT molecular complexity index is 392. The largest absolute Gasteiger partial charge is 0.493 e. The van der Waals surface area contributed by atoms with Gasteiger partial charge in [0, 0.05) is 18.1 Å². The van der Waals surface area contributed by atoms with E-state index in [4.69, 9.17) is 14.2 Å². The first kappa shape index (κ1) is 12.0. The van der Waals surface area contributed by atoms with Crippen molar-refractivity contribution in [1.29, 1.82) is 0 Å². The second-order valence-electron chi connectivity index (χ2n) is 4.07. The minimum absolute atomic E-state index is 0.519. The maximum atomic E-state index is 5.38. The Kier molecular flexibility index (Phi) is 4.04. The van der Waals surface area contributed by atoms with Gasteiger partial charge in [0.15, 0.2) is 11.5 Å². The molecule has 0 spiro atoms. The summed E-state index contributed by atoms with van der Waals surface area (Å²) in [6.07, 6.45) is 5.37. The minimum Gasteiger partial charge on any atom is -0.493 e. The van der Waals surface area contributed by atoms with Gasteiger partial charge in [0.2, 0.25) is 0 Å². The van der Waals surface area contributed by atoms with Gasteiger partial charge in [-0.05, 0) is 12.5 Å². The van der Waals surface area contributed by atoms with Crippen LogP contribution in [0.25, 0.3) is 6.08 Å². The quantitative estimate of drug-likeness (QED) is 0.801. The summed E-state index contributed by atoms with van der Waals surface area (Å²) in [4.78, 5) is 0. The molecule has 92 valence electrons. The summed E-state index contributed by atoms with van der Waals surface area (Å²) in [5.74, 6) is 2.06. The van der Waals surface area contributed by atoms with Gasteiger partial charge >= 0.3 is 0 Å². The molecule has 1 aliphatic rings. The molecule has 1 atom stereocenters. The zero-order chi connectivity index (χ0) is 12.1. The number of benzene rings is 1. The SMILES string of the molecule is COc1cccc(/C=C/C2CCOC2)c1OC. The monoisotopic (exact) mass is 234 g/mol. The predicted octanol–water partition coefficient (Wildman–Crippen LogP) is 2.75. The van der Waals surface area contributed by atoms with Crippen molar-refractivity contribution >= 4 is 6.08 Å². The Morgan fingerprint density at radius 2 is 2.18 bits per heavy atom. The van der Waals surface area contributed by atoms with Crippen molar-refractivity contribution < 1.29 is 14.2 Å². The van der Waals surface area contributed by atoms with Crippen molar-refractivity contribution in [3.05, 3.63) is 29.8 Å². The molecule has 0 saturated carbocycles. The Morgan fingerprint density at radius 1 is 1.29 bits per heavy atom. The maximum absolute atomic E-state index is 5.38. The lowest BCUT2D eigenvalue weighted by atomic mass is 10.1. The van der Waals surface area contributed by atoms with E-state index in [1.165, 1.54) is 0 Å². The lowest BCUT2D eigenvalue weighted by Crippen LogP contribution is -1.95. The van der Waals surface area contributed by atoms with Crippen LogP contribution in [0.3, 0.4) is 0 Å². The molecule has 0 aromatic heterocycles. The van der Waals surface area contributed by atoms with E-state index in [2.05, 4.69) is 12.2 Å². The van der Waals surface area contributed by atoms with Crippen LogP contribution < -0.4 is 9.47 Å². The molecule has 1 unspecified atom stereocenters. The lowest BCUT2D eigenvalue weighted by molar-refractivity contribution is 0.191. The smallest absolute Gasteiger partial charge is 0.167 e. The normalized spacial score (nSPS) is 19.8. The van der Waals surface area contributed by atoms with Crippen molar-refractivity contribution in [2.45, 2.75) is 6.42 Å². The number of methoxy groups -OCH3 is 2. The van der Waals surface area contributed by atoms with Crippen LogP contribution in [0, 0.1) is 5.92 Å². The third-order valence-electron chi connectivity index (χ3n) is 2.95. The van der Waals surface area contributed by atoms with Gasteiger partial charge in [-0.3, -0.25) is 0 Å². The van der Waals surface area contributed by atoms with Crippen LogP contribution in [0.15, 0.2) is 24.3 Å². The molecule has 1 aromatic rings. The van der Waals surface area contributed by atoms with Crippen molar-refractivity contribution in [1.82, 2.24) is 0 Å². The summed E-state index contributed by atoms with van der Waals surface area (Å²) < 4.78 is 16.0. The third-order valence-corrected chi connectivity index (χ3v) is 2.95. The Balaban J connectivity index is 2.19. The number of para-hydroxylation sites is 1. The van der Waals surface area contributed by atoms with E-state index in [9.17, 15) is 0 Å². The molecule has 2 rings (SSSR count). The number of hydrogen-bond donors (Lipinski definition) is 0. The molecule has 1 aliphatic heterocycles. The average molecular weight is 234 g/mol. The molecule has 0 bridgehead atoms. The van der Waals surface area contributed by atoms with Crippen LogP contribution >= 0.6 is 0 Å². The van der Waals surface area contributed by atoms with Gasteiger partial charge in [0.1, 0.15) is 0 Å². The maximum Gasteiger partial charge on any atom is 0.167 e. The molecule has 0 aliphatic carbocycles. The molecule has 1 aromatic carbocycles. The Labute approximate surface area is 102 Å². The van der Waals surface area contributed by atoms with Crippen LogP contribution in [0.1, 0.15) is 12.0 Å². The molecule has 1 heterocycles. The molecule has 17 heavy (non-hydrogen) atoms. The van der Waals surface area contributed by atoms with E-state index < -0.39 is 0 Å². The highest BCUT2D eigenvalue weighted by molar-refractivity contribution is 5.62. The summed E-state index contributed by atoms with van der Waals surface area (Å²) in [5, 5.41) is 0. The van der Waals surface area contributed by atoms with Crippen molar-refractivity contribution in [2.75, 3.05) is 27.4 Å². The minimum atomic E-state index is 0.519. The van der Waals surface area contributed by atoms with E-state index in [0.29, 0.717) is 5.92 Å². The Morgan fingerprint density at radius 3 is 2.82 bits per heavy atom. The fourth-order valence-electron chi connectivity index (χ4n) is 1.99. The summed E-state index contributed by atoms with van der Waals surface area (Å²) in [7, 11) is 3.31.